The number of aliphatic hydroxyl groups is 1. The lowest BCUT2D eigenvalue weighted by Gasteiger charge is -2.72. The Bertz CT molecular complexity index is 1390. The van der Waals surface area contributed by atoms with Crippen LogP contribution >= 0.6 is 0 Å². The molecule has 5 aliphatic rings. The second kappa shape index (κ2) is 25.2. The molecule has 0 aliphatic heterocycles. The summed E-state index contributed by atoms with van der Waals surface area (Å²) < 4.78 is 6.47. The Morgan fingerprint density at radius 1 is 0.594 bits per heavy atom. The molecule has 0 aromatic heterocycles. The number of fused-ring (bicyclic) bond motifs is 7. The van der Waals surface area contributed by atoms with E-state index in [-0.39, 0.29) is 39.1 Å². The first-order valence-corrected chi connectivity index (χ1v) is 29.1. The van der Waals surface area contributed by atoms with Gasteiger partial charge in [0.05, 0.1) is 0 Å². The number of unbranched alkanes of at least 4 members (excludes halogenated alkanes) is 26. The zero-order valence-electron chi connectivity index (χ0n) is 44.6. The van der Waals surface area contributed by atoms with Crippen molar-refractivity contribution in [2.75, 3.05) is 6.61 Å². The van der Waals surface area contributed by atoms with Gasteiger partial charge in [0, 0.05) is 23.9 Å². The normalized spacial score (nSPS) is 34.0. The van der Waals surface area contributed by atoms with Crippen LogP contribution in [0.15, 0.2) is 11.6 Å². The molecule has 0 aromatic carbocycles. The maximum Gasteiger partial charge on any atom is 0.306 e. The fourth-order valence-corrected chi connectivity index (χ4v) is 16.4. The van der Waals surface area contributed by atoms with Crippen molar-refractivity contribution < 1.29 is 14.6 Å². The van der Waals surface area contributed by atoms with Gasteiger partial charge in [-0.2, -0.15) is 0 Å². The molecule has 0 radical (unpaired) electrons. The van der Waals surface area contributed by atoms with E-state index in [1.807, 2.05) is 0 Å². The molecule has 0 aromatic rings. The molecule has 9 unspecified atom stereocenters. The first-order chi connectivity index (χ1) is 30.6. The van der Waals surface area contributed by atoms with E-state index >= 15 is 0 Å². The molecule has 5 rings (SSSR count). The van der Waals surface area contributed by atoms with E-state index in [1.165, 1.54) is 212 Å². The van der Waals surface area contributed by atoms with Gasteiger partial charge in [0.25, 0.3) is 0 Å². The minimum absolute atomic E-state index is 0.0142. The van der Waals surface area contributed by atoms with Gasteiger partial charge in [-0.15, -0.1) is 0 Å². The molecule has 9 atom stereocenters. The van der Waals surface area contributed by atoms with Gasteiger partial charge in [-0.3, -0.25) is 4.79 Å². The third kappa shape index (κ3) is 13.1. The predicted molar refractivity (Wildman–Crippen MR) is 276 cm³/mol. The first kappa shape index (κ1) is 54.1. The molecule has 1 N–H and O–H groups in total. The van der Waals surface area contributed by atoms with Gasteiger partial charge >= 0.3 is 5.97 Å². The van der Waals surface area contributed by atoms with Crippen LogP contribution in [0.25, 0.3) is 0 Å². The third-order valence-corrected chi connectivity index (χ3v) is 20.8. The van der Waals surface area contributed by atoms with E-state index in [0.29, 0.717) is 42.1 Å². The number of hydrogen-bond acceptors (Lipinski definition) is 3. The van der Waals surface area contributed by atoms with Gasteiger partial charge < -0.3 is 9.84 Å². The highest BCUT2D eigenvalue weighted by atomic mass is 16.5. The van der Waals surface area contributed by atoms with Crippen molar-refractivity contribution in [2.45, 2.75) is 306 Å². The third-order valence-electron chi connectivity index (χ3n) is 20.8. The van der Waals surface area contributed by atoms with Crippen molar-refractivity contribution in [1.29, 1.82) is 0 Å². The molecular formula is C61H110O3. The van der Waals surface area contributed by atoms with Crippen LogP contribution in [0.3, 0.4) is 0 Å². The second-order valence-corrected chi connectivity index (χ2v) is 26.0. The average Bonchev–Trinajstić information content (AvgIpc) is 3.24. The molecule has 3 heteroatoms. The Morgan fingerprint density at radius 2 is 1.06 bits per heavy atom. The van der Waals surface area contributed by atoms with Gasteiger partial charge in [-0.25, -0.2) is 0 Å². The van der Waals surface area contributed by atoms with Crippen LogP contribution in [-0.4, -0.2) is 23.8 Å². The minimum Gasteiger partial charge on any atom is -0.462 e. The fraction of sp³-hybridized carbons (Fsp3) is 0.951. The smallest absolute Gasteiger partial charge is 0.306 e. The summed E-state index contributed by atoms with van der Waals surface area (Å²) in [5.41, 5.74) is 2.79. The fourth-order valence-electron chi connectivity index (χ4n) is 16.4. The Labute approximate surface area is 399 Å². The standard InChI is InChI=1S/C61H110O3/c1-10-11-12-13-14-15-16-17-18-19-20-21-22-23-24-25-26-27-28-29-30-31-32-33-34-35-36-37-55(63)64-54-41-42-58(7)52(57(54,5)6)40-43-59(8)53(58)39-38-50-51-47-56(3,4)44-45-61(51,48-62)49(2)46-60(50,59)9/h38,49,51-54,62H,10-37,39-48H2,1-9H3. The van der Waals surface area contributed by atoms with Crippen molar-refractivity contribution in [3.63, 3.8) is 0 Å². The lowest BCUT2D eigenvalue weighted by atomic mass is 9.32. The van der Waals surface area contributed by atoms with E-state index in [0.717, 1.165) is 19.3 Å². The molecule has 4 fully saturated rings. The van der Waals surface area contributed by atoms with Gasteiger partial charge in [0.1, 0.15) is 6.10 Å². The molecule has 0 heterocycles. The van der Waals surface area contributed by atoms with Gasteiger partial charge in [-0.1, -0.05) is 241 Å². The maximum absolute atomic E-state index is 13.4. The monoisotopic (exact) mass is 891 g/mol. The second-order valence-electron chi connectivity index (χ2n) is 26.0. The number of carbonyl (C=O) groups excluding carboxylic acids is 1. The largest absolute Gasteiger partial charge is 0.462 e. The van der Waals surface area contributed by atoms with Gasteiger partial charge in [0.15, 0.2) is 0 Å². The number of aliphatic hydroxyl groups excluding tert-OH is 1. The summed E-state index contributed by atoms with van der Waals surface area (Å²) in [6.45, 7) is 23.0. The Hall–Kier alpha value is -0.830. The number of allylic oxidation sites excluding steroid dienone is 2. The Balaban J connectivity index is 0.894. The molecule has 372 valence electrons. The first-order valence-electron chi connectivity index (χ1n) is 29.1. The highest BCUT2D eigenvalue weighted by Gasteiger charge is 2.69. The molecule has 0 bridgehead atoms. The molecule has 0 saturated heterocycles. The van der Waals surface area contributed by atoms with E-state index in [2.05, 4.69) is 68.4 Å². The van der Waals surface area contributed by atoms with Gasteiger partial charge in [0.2, 0.25) is 0 Å². The number of rotatable bonds is 30. The van der Waals surface area contributed by atoms with Crippen LogP contribution in [0.1, 0.15) is 300 Å². The zero-order valence-corrected chi connectivity index (χ0v) is 44.6. The van der Waals surface area contributed by atoms with Crippen molar-refractivity contribution in [3.8, 4) is 0 Å². The number of esters is 1. The summed E-state index contributed by atoms with van der Waals surface area (Å²) in [5, 5.41) is 11.1. The zero-order chi connectivity index (χ0) is 46.3. The number of ether oxygens (including phenoxy) is 1. The van der Waals surface area contributed by atoms with E-state index < -0.39 is 0 Å². The van der Waals surface area contributed by atoms with Crippen LogP contribution in [0.4, 0.5) is 0 Å². The van der Waals surface area contributed by atoms with Crippen molar-refractivity contribution in [1.82, 2.24) is 0 Å². The number of hydrogen-bond donors (Lipinski definition) is 1. The summed E-state index contributed by atoms with van der Waals surface area (Å²) in [6, 6.07) is 0. The van der Waals surface area contributed by atoms with E-state index in [4.69, 9.17) is 4.74 Å². The van der Waals surface area contributed by atoms with Crippen LogP contribution in [0.2, 0.25) is 0 Å². The van der Waals surface area contributed by atoms with Crippen molar-refractivity contribution in [3.05, 3.63) is 11.6 Å². The minimum atomic E-state index is -0.0142. The SMILES string of the molecule is CCCCCCCCCCCCCCCCCCCCCCCCCCCCCC(=O)OC1CCC2(C)C(CCC3(C)C2CC=C2C4CC(C)(C)CCC4(CO)C(C)CC23C)C1(C)C. The van der Waals surface area contributed by atoms with Crippen LogP contribution in [-0.2, 0) is 9.53 Å². The number of carbonyl (C=O) groups is 1. The quantitative estimate of drug-likeness (QED) is 0.0444. The van der Waals surface area contributed by atoms with Crippen molar-refractivity contribution in [2.24, 2.45) is 56.2 Å². The van der Waals surface area contributed by atoms with Crippen LogP contribution < -0.4 is 0 Å². The topological polar surface area (TPSA) is 46.5 Å². The molecule has 0 amide bonds. The lowest BCUT2D eigenvalue weighted by Crippen LogP contribution is -2.66. The van der Waals surface area contributed by atoms with Crippen molar-refractivity contribution >= 4 is 5.97 Å². The Kier molecular flexibility index (Phi) is 21.3. The lowest BCUT2D eigenvalue weighted by molar-refractivity contribution is -0.217. The summed E-state index contributed by atoms with van der Waals surface area (Å²) >= 11 is 0. The van der Waals surface area contributed by atoms with E-state index in [1.54, 1.807) is 5.57 Å². The Morgan fingerprint density at radius 3 is 1.53 bits per heavy atom. The molecule has 4 saturated carbocycles. The molecule has 0 spiro atoms. The predicted octanol–water partition coefficient (Wildman–Crippen LogP) is 18.9. The summed E-state index contributed by atoms with van der Waals surface area (Å²) in [5.74, 6) is 2.31. The summed E-state index contributed by atoms with van der Waals surface area (Å²) in [4.78, 5) is 13.4. The molecule has 5 aliphatic carbocycles. The highest BCUT2D eigenvalue weighted by molar-refractivity contribution is 5.69. The maximum atomic E-state index is 13.4. The summed E-state index contributed by atoms with van der Waals surface area (Å²) in [6.07, 6.45) is 52.0. The average molecular weight is 892 g/mol. The molecule has 3 nitrogen and oxygen atoms in total. The molecule has 64 heavy (non-hydrogen) atoms. The molecular weight excluding hydrogens is 781 g/mol. The summed E-state index contributed by atoms with van der Waals surface area (Å²) in [7, 11) is 0. The van der Waals surface area contributed by atoms with Crippen LogP contribution in [0, 0.1) is 56.2 Å². The van der Waals surface area contributed by atoms with Gasteiger partial charge in [-0.05, 0) is 110 Å². The van der Waals surface area contributed by atoms with Crippen LogP contribution in [0.5, 0.6) is 0 Å². The van der Waals surface area contributed by atoms with E-state index in [9.17, 15) is 9.90 Å². The highest BCUT2D eigenvalue weighted by Crippen LogP contribution is 2.76.